The van der Waals surface area contributed by atoms with Crippen molar-refractivity contribution in [3.05, 3.63) is 23.8 Å². The Morgan fingerprint density at radius 2 is 2.29 bits per heavy atom. The topological polar surface area (TPSA) is 38.0 Å². The number of anilines is 1. The smallest absolute Gasteiger partial charge is 0.0486 e. The lowest BCUT2D eigenvalue weighted by Crippen LogP contribution is -2.36. The molecule has 1 aromatic carbocycles. The lowest BCUT2D eigenvalue weighted by atomic mass is 10.1. The van der Waals surface area contributed by atoms with E-state index in [1.165, 1.54) is 16.1 Å². The Morgan fingerprint density at radius 1 is 1.50 bits per heavy atom. The highest BCUT2D eigenvalue weighted by Gasteiger charge is 2.25. The second kappa shape index (κ2) is 3.48. The molecule has 0 atom stereocenters. The summed E-state index contributed by atoms with van der Waals surface area (Å²) in [5, 5.41) is 3.53. The number of hydrogen-bond donors (Lipinski definition) is 2. The number of fused-ring (bicyclic) bond motifs is 1. The van der Waals surface area contributed by atoms with Crippen molar-refractivity contribution < 1.29 is 0 Å². The van der Waals surface area contributed by atoms with Crippen LogP contribution >= 0.6 is 11.8 Å². The minimum Gasteiger partial charge on any atom is -0.378 e. The molecular formula is C11H16N2S. The third kappa shape index (κ3) is 1.74. The van der Waals surface area contributed by atoms with Crippen LogP contribution in [0.4, 0.5) is 5.69 Å². The number of nitrogens with two attached hydrogens (primary N) is 1. The van der Waals surface area contributed by atoms with Gasteiger partial charge in [-0.3, -0.25) is 0 Å². The fourth-order valence-electron chi connectivity index (χ4n) is 1.67. The normalized spacial score (nSPS) is 18.5. The van der Waals surface area contributed by atoms with E-state index in [1.807, 2.05) is 11.8 Å². The molecule has 0 saturated carbocycles. The van der Waals surface area contributed by atoms with Crippen LogP contribution in [0.3, 0.4) is 0 Å². The SMILES string of the molecule is CC1(C)CSc2c(CN)cccc2N1. The van der Waals surface area contributed by atoms with Crippen molar-refractivity contribution in [1.82, 2.24) is 0 Å². The standard InChI is InChI=1S/C11H16N2S/c1-11(2)7-14-10-8(6-12)4-3-5-9(10)13-11/h3-5,13H,6-7,12H2,1-2H3. The van der Waals surface area contributed by atoms with Crippen molar-refractivity contribution in [3.8, 4) is 0 Å². The Labute approximate surface area is 89.3 Å². The van der Waals surface area contributed by atoms with Crippen LogP contribution in [0, 0.1) is 0 Å². The van der Waals surface area contributed by atoms with Gasteiger partial charge in [0.25, 0.3) is 0 Å². The van der Waals surface area contributed by atoms with Gasteiger partial charge in [0.05, 0.1) is 0 Å². The summed E-state index contributed by atoms with van der Waals surface area (Å²) >= 11 is 1.90. The van der Waals surface area contributed by atoms with Gasteiger partial charge in [-0.05, 0) is 25.5 Å². The average Bonchev–Trinajstić information content (AvgIpc) is 2.15. The zero-order chi connectivity index (χ0) is 10.2. The van der Waals surface area contributed by atoms with Crippen LogP contribution in [0.2, 0.25) is 0 Å². The number of rotatable bonds is 1. The zero-order valence-corrected chi connectivity index (χ0v) is 9.45. The van der Waals surface area contributed by atoms with E-state index in [9.17, 15) is 0 Å². The van der Waals surface area contributed by atoms with Gasteiger partial charge in [-0.2, -0.15) is 0 Å². The minimum atomic E-state index is 0.185. The molecule has 0 unspecified atom stereocenters. The van der Waals surface area contributed by atoms with Crippen LogP contribution < -0.4 is 11.1 Å². The first-order chi connectivity index (χ1) is 6.62. The molecule has 0 fully saturated rings. The van der Waals surface area contributed by atoms with E-state index in [2.05, 4.69) is 37.4 Å². The molecule has 3 N–H and O–H groups in total. The highest BCUT2D eigenvalue weighted by molar-refractivity contribution is 7.99. The Hall–Kier alpha value is -0.670. The predicted molar refractivity (Wildman–Crippen MR) is 62.8 cm³/mol. The number of thioether (sulfide) groups is 1. The molecule has 2 nitrogen and oxygen atoms in total. The number of nitrogens with one attached hydrogen (secondary N) is 1. The molecule has 0 aliphatic carbocycles. The molecule has 1 aromatic rings. The Balaban J connectivity index is 2.40. The van der Waals surface area contributed by atoms with E-state index >= 15 is 0 Å². The molecule has 0 amide bonds. The van der Waals surface area contributed by atoms with Crippen LogP contribution in [0.1, 0.15) is 19.4 Å². The molecule has 0 spiro atoms. The van der Waals surface area contributed by atoms with E-state index in [0.29, 0.717) is 6.54 Å². The Bertz CT molecular complexity index is 347. The number of hydrogen-bond acceptors (Lipinski definition) is 3. The monoisotopic (exact) mass is 208 g/mol. The molecule has 0 aromatic heterocycles. The van der Waals surface area contributed by atoms with Gasteiger partial charge in [-0.1, -0.05) is 12.1 Å². The lowest BCUT2D eigenvalue weighted by Gasteiger charge is -2.34. The summed E-state index contributed by atoms with van der Waals surface area (Å²) in [6, 6.07) is 6.30. The van der Waals surface area contributed by atoms with Crippen molar-refractivity contribution in [2.75, 3.05) is 11.1 Å². The van der Waals surface area contributed by atoms with Gasteiger partial charge in [-0.25, -0.2) is 0 Å². The maximum absolute atomic E-state index is 5.70. The van der Waals surface area contributed by atoms with Crippen LogP contribution in [-0.2, 0) is 6.54 Å². The van der Waals surface area contributed by atoms with Crippen LogP contribution in [0.25, 0.3) is 0 Å². The Kier molecular flexibility index (Phi) is 2.45. The summed E-state index contributed by atoms with van der Waals surface area (Å²) in [6.07, 6.45) is 0. The van der Waals surface area contributed by atoms with Crippen molar-refractivity contribution >= 4 is 17.4 Å². The largest absolute Gasteiger partial charge is 0.378 e. The molecule has 1 heterocycles. The third-order valence-corrected chi connectivity index (χ3v) is 4.00. The van der Waals surface area contributed by atoms with Crippen LogP contribution in [0.15, 0.2) is 23.1 Å². The molecule has 2 rings (SSSR count). The van der Waals surface area contributed by atoms with E-state index in [4.69, 9.17) is 5.73 Å². The van der Waals surface area contributed by atoms with Gasteiger partial charge in [0.1, 0.15) is 0 Å². The Morgan fingerprint density at radius 3 is 3.00 bits per heavy atom. The summed E-state index contributed by atoms with van der Waals surface area (Å²) in [5.74, 6) is 1.09. The van der Waals surface area contributed by atoms with Gasteiger partial charge in [0.2, 0.25) is 0 Å². The summed E-state index contributed by atoms with van der Waals surface area (Å²) in [5.41, 5.74) is 8.36. The average molecular weight is 208 g/mol. The van der Waals surface area contributed by atoms with Crippen molar-refractivity contribution in [1.29, 1.82) is 0 Å². The number of benzene rings is 1. The molecule has 0 radical (unpaired) electrons. The van der Waals surface area contributed by atoms with Gasteiger partial charge >= 0.3 is 0 Å². The maximum Gasteiger partial charge on any atom is 0.0486 e. The fourth-order valence-corrected chi connectivity index (χ4v) is 2.86. The quantitative estimate of drug-likeness (QED) is 0.744. The molecular weight excluding hydrogens is 192 g/mol. The predicted octanol–water partition coefficient (Wildman–Crippen LogP) is 2.44. The first-order valence-corrected chi connectivity index (χ1v) is 5.84. The third-order valence-electron chi connectivity index (χ3n) is 2.37. The van der Waals surface area contributed by atoms with Crippen molar-refractivity contribution in [2.24, 2.45) is 5.73 Å². The summed E-state index contributed by atoms with van der Waals surface area (Å²) < 4.78 is 0. The molecule has 1 aliphatic rings. The molecule has 0 saturated heterocycles. The summed E-state index contributed by atoms with van der Waals surface area (Å²) in [4.78, 5) is 1.33. The van der Waals surface area contributed by atoms with Gasteiger partial charge < -0.3 is 11.1 Å². The van der Waals surface area contributed by atoms with E-state index in [0.717, 1.165) is 5.75 Å². The summed E-state index contributed by atoms with van der Waals surface area (Å²) in [6.45, 7) is 5.06. The van der Waals surface area contributed by atoms with E-state index in [1.54, 1.807) is 0 Å². The highest BCUT2D eigenvalue weighted by atomic mass is 32.2. The van der Waals surface area contributed by atoms with Gasteiger partial charge in [-0.15, -0.1) is 11.8 Å². The second-order valence-electron chi connectivity index (χ2n) is 4.30. The van der Waals surface area contributed by atoms with Crippen molar-refractivity contribution in [2.45, 2.75) is 30.8 Å². The minimum absolute atomic E-state index is 0.185. The fraction of sp³-hybridized carbons (Fsp3) is 0.455. The van der Waals surface area contributed by atoms with Crippen molar-refractivity contribution in [3.63, 3.8) is 0 Å². The second-order valence-corrected chi connectivity index (χ2v) is 5.28. The first kappa shape index (κ1) is 9.87. The zero-order valence-electron chi connectivity index (χ0n) is 8.63. The molecule has 0 bridgehead atoms. The maximum atomic E-state index is 5.70. The molecule has 1 aliphatic heterocycles. The van der Waals surface area contributed by atoms with Gasteiger partial charge in [0, 0.05) is 28.4 Å². The molecule has 76 valence electrons. The van der Waals surface area contributed by atoms with Crippen LogP contribution in [-0.4, -0.2) is 11.3 Å². The van der Waals surface area contributed by atoms with Gasteiger partial charge in [0.15, 0.2) is 0 Å². The van der Waals surface area contributed by atoms with E-state index < -0.39 is 0 Å². The van der Waals surface area contributed by atoms with E-state index in [-0.39, 0.29) is 5.54 Å². The molecule has 3 heteroatoms. The van der Waals surface area contributed by atoms with Crippen LogP contribution in [0.5, 0.6) is 0 Å². The lowest BCUT2D eigenvalue weighted by molar-refractivity contribution is 0.636. The summed E-state index contributed by atoms with van der Waals surface area (Å²) in [7, 11) is 0. The molecule has 14 heavy (non-hydrogen) atoms. The highest BCUT2D eigenvalue weighted by Crippen LogP contribution is 2.39. The first-order valence-electron chi connectivity index (χ1n) is 4.85.